The summed E-state index contributed by atoms with van der Waals surface area (Å²) >= 11 is 6.70. The first-order chi connectivity index (χ1) is 5.68. The number of fused-ring (bicyclic) bond motifs is 1. The zero-order valence-corrected chi connectivity index (χ0v) is 9.42. The number of halogens is 2. The first-order valence-corrected chi connectivity index (χ1v) is 4.94. The lowest BCUT2D eigenvalue weighted by Crippen LogP contribution is -1.91. The highest BCUT2D eigenvalue weighted by Crippen LogP contribution is 2.17. The van der Waals surface area contributed by atoms with Crippen molar-refractivity contribution < 1.29 is 0 Å². The fourth-order valence-electron chi connectivity index (χ4n) is 0.994. The molecule has 0 aliphatic rings. The fourth-order valence-corrected chi connectivity index (χ4v) is 1.63. The smallest absolute Gasteiger partial charge is 0.155 e. The molecule has 2 rings (SSSR count). The van der Waals surface area contributed by atoms with Gasteiger partial charge in [-0.2, -0.15) is 5.10 Å². The third-order valence-corrected chi connectivity index (χ3v) is 2.88. The van der Waals surface area contributed by atoms with Crippen molar-refractivity contribution in [2.24, 2.45) is 0 Å². The first-order valence-electron chi connectivity index (χ1n) is 3.36. The summed E-state index contributed by atoms with van der Waals surface area (Å²) in [6.07, 6.45) is 0. The van der Waals surface area contributed by atoms with Crippen molar-refractivity contribution >= 4 is 37.5 Å². The van der Waals surface area contributed by atoms with Crippen LogP contribution in [0.5, 0.6) is 0 Å². The average Bonchev–Trinajstić information content (AvgIpc) is 2.31. The van der Waals surface area contributed by atoms with Gasteiger partial charge in [-0.25, -0.2) is 9.50 Å². The van der Waals surface area contributed by atoms with Crippen LogP contribution >= 0.6 is 31.9 Å². The van der Waals surface area contributed by atoms with Crippen LogP contribution in [0.4, 0.5) is 0 Å². The number of rotatable bonds is 0. The molecule has 0 atom stereocenters. The van der Waals surface area contributed by atoms with Gasteiger partial charge in [-0.3, -0.25) is 0 Å². The van der Waals surface area contributed by atoms with E-state index in [0.717, 1.165) is 20.5 Å². The van der Waals surface area contributed by atoms with E-state index in [4.69, 9.17) is 0 Å². The molecular weight excluding hydrogens is 286 g/mol. The van der Waals surface area contributed by atoms with Crippen LogP contribution in [0.25, 0.3) is 5.65 Å². The Bertz CT molecular complexity index is 435. The average molecular weight is 291 g/mol. The zero-order valence-electron chi connectivity index (χ0n) is 6.25. The molecule has 0 saturated carbocycles. The van der Waals surface area contributed by atoms with Crippen LogP contribution in [-0.4, -0.2) is 14.6 Å². The normalized spacial score (nSPS) is 10.9. The van der Waals surface area contributed by atoms with Crippen LogP contribution in [-0.2, 0) is 0 Å². The summed E-state index contributed by atoms with van der Waals surface area (Å²) < 4.78 is 3.45. The Morgan fingerprint density at radius 1 is 1.33 bits per heavy atom. The van der Waals surface area contributed by atoms with Crippen molar-refractivity contribution in [1.29, 1.82) is 0 Å². The third-order valence-electron chi connectivity index (χ3n) is 1.55. The Morgan fingerprint density at radius 2 is 2.08 bits per heavy atom. The predicted octanol–water partition coefficient (Wildman–Crippen LogP) is 2.56. The van der Waals surface area contributed by atoms with E-state index in [1.807, 2.05) is 19.1 Å². The number of nitrogens with zero attached hydrogens (tertiary/aromatic N) is 3. The minimum absolute atomic E-state index is 0.799. The van der Waals surface area contributed by atoms with E-state index in [1.54, 1.807) is 4.52 Å². The Kier molecular flexibility index (Phi) is 1.92. The molecule has 2 heterocycles. The molecule has 0 unspecified atom stereocenters. The zero-order chi connectivity index (χ0) is 8.72. The van der Waals surface area contributed by atoms with Gasteiger partial charge in [0.25, 0.3) is 0 Å². The van der Waals surface area contributed by atoms with Crippen molar-refractivity contribution in [2.45, 2.75) is 6.92 Å². The van der Waals surface area contributed by atoms with Gasteiger partial charge in [-0.05, 0) is 50.9 Å². The SMILES string of the molecule is Cc1nc2ccc(Br)nn2c1Br. The molecule has 3 nitrogen and oxygen atoms in total. The van der Waals surface area contributed by atoms with Gasteiger partial charge >= 0.3 is 0 Å². The van der Waals surface area contributed by atoms with E-state index in [-0.39, 0.29) is 0 Å². The van der Waals surface area contributed by atoms with Crippen molar-refractivity contribution in [3.63, 3.8) is 0 Å². The third kappa shape index (κ3) is 1.17. The Labute approximate surface area is 86.1 Å². The number of aromatic nitrogens is 3. The molecule has 62 valence electrons. The minimum Gasteiger partial charge on any atom is -0.231 e. The Morgan fingerprint density at radius 3 is 2.83 bits per heavy atom. The van der Waals surface area contributed by atoms with Gasteiger partial charge in [-0.1, -0.05) is 0 Å². The molecule has 0 amide bonds. The maximum Gasteiger partial charge on any atom is 0.155 e. The molecule has 5 heteroatoms. The summed E-state index contributed by atoms with van der Waals surface area (Å²) in [6.45, 7) is 1.94. The van der Waals surface area contributed by atoms with E-state index in [9.17, 15) is 0 Å². The topological polar surface area (TPSA) is 30.2 Å². The fraction of sp³-hybridized carbons (Fsp3) is 0.143. The lowest BCUT2D eigenvalue weighted by Gasteiger charge is -1.93. The van der Waals surface area contributed by atoms with Gasteiger partial charge < -0.3 is 0 Å². The summed E-state index contributed by atoms with van der Waals surface area (Å²) in [4.78, 5) is 4.29. The van der Waals surface area contributed by atoms with Crippen LogP contribution in [0, 0.1) is 6.92 Å². The molecule has 0 fully saturated rings. The Hall–Kier alpha value is -0.420. The summed E-state index contributed by atoms with van der Waals surface area (Å²) in [5.41, 5.74) is 1.79. The van der Waals surface area contributed by atoms with Crippen LogP contribution in [0.2, 0.25) is 0 Å². The number of hydrogen-bond donors (Lipinski definition) is 0. The number of hydrogen-bond acceptors (Lipinski definition) is 2. The largest absolute Gasteiger partial charge is 0.231 e. The number of imidazole rings is 1. The molecule has 0 saturated heterocycles. The summed E-state index contributed by atoms with van der Waals surface area (Å²) in [5.74, 6) is 0. The van der Waals surface area contributed by atoms with Crippen molar-refractivity contribution in [1.82, 2.24) is 14.6 Å². The van der Waals surface area contributed by atoms with Gasteiger partial charge in [0, 0.05) is 0 Å². The van der Waals surface area contributed by atoms with E-state index >= 15 is 0 Å². The predicted molar refractivity (Wildman–Crippen MR) is 53.1 cm³/mol. The Balaban J connectivity index is 2.88. The van der Waals surface area contributed by atoms with Gasteiger partial charge in [0.15, 0.2) is 5.65 Å². The van der Waals surface area contributed by atoms with Crippen LogP contribution in [0.1, 0.15) is 5.69 Å². The molecule has 0 aliphatic carbocycles. The van der Waals surface area contributed by atoms with Crippen molar-refractivity contribution in [3.05, 3.63) is 27.0 Å². The lowest BCUT2D eigenvalue weighted by molar-refractivity contribution is 0.895. The molecule has 0 bridgehead atoms. The van der Waals surface area contributed by atoms with Crippen LogP contribution in [0.3, 0.4) is 0 Å². The molecule has 2 aromatic heterocycles. The summed E-state index contributed by atoms with van der Waals surface area (Å²) in [5, 5.41) is 4.22. The van der Waals surface area contributed by atoms with Gasteiger partial charge in [0.1, 0.15) is 9.21 Å². The molecule has 0 radical (unpaired) electrons. The second kappa shape index (κ2) is 2.81. The van der Waals surface area contributed by atoms with Crippen LogP contribution in [0.15, 0.2) is 21.3 Å². The first kappa shape index (κ1) is 8.19. The summed E-state index contributed by atoms with van der Waals surface area (Å²) in [6, 6.07) is 3.78. The maximum absolute atomic E-state index is 4.29. The molecule has 0 N–H and O–H groups in total. The maximum atomic E-state index is 4.29. The van der Waals surface area contributed by atoms with Crippen molar-refractivity contribution in [2.75, 3.05) is 0 Å². The van der Waals surface area contributed by atoms with Gasteiger partial charge in [-0.15, -0.1) is 0 Å². The highest BCUT2D eigenvalue weighted by molar-refractivity contribution is 9.10. The van der Waals surface area contributed by atoms with E-state index < -0.39 is 0 Å². The molecule has 2 aromatic rings. The van der Waals surface area contributed by atoms with Gasteiger partial charge in [0.05, 0.1) is 5.69 Å². The highest BCUT2D eigenvalue weighted by atomic mass is 79.9. The highest BCUT2D eigenvalue weighted by Gasteiger charge is 2.05. The second-order valence-corrected chi connectivity index (χ2v) is 3.98. The van der Waals surface area contributed by atoms with Crippen molar-refractivity contribution in [3.8, 4) is 0 Å². The van der Waals surface area contributed by atoms with Crippen LogP contribution < -0.4 is 0 Å². The monoisotopic (exact) mass is 289 g/mol. The quantitative estimate of drug-likeness (QED) is 0.746. The van der Waals surface area contributed by atoms with E-state index in [0.29, 0.717) is 0 Å². The standard InChI is InChI=1S/C7H5Br2N3/c1-4-7(9)12-6(10-4)3-2-5(8)11-12/h2-3H,1H3. The van der Waals surface area contributed by atoms with E-state index in [2.05, 4.69) is 41.9 Å². The second-order valence-electron chi connectivity index (χ2n) is 2.41. The van der Waals surface area contributed by atoms with Gasteiger partial charge in [0.2, 0.25) is 0 Å². The molecule has 0 spiro atoms. The minimum atomic E-state index is 0.799. The number of aryl methyl sites for hydroxylation is 1. The van der Waals surface area contributed by atoms with E-state index in [1.165, 1.54) is 0 Å². The lowest BCUT2D eigenvalue weighted by atomic mass is 10.6. The molecule has 0 aliphatic heterocycles. The molecule has 0 aromatic carbocycles. The molecule has 12 heavy (non-hydrogen) atoms. The molecular formula is C7H5Br2N3. The summed E-state index contributed by atoms with van der Waals surface area (Å²) in [7, 11) is 0.